The van der Waals surface area contributed by atoms with E-state index in [1.807, 2.05) is 6.07 Å². The van der Waals surface area contributed by atoms with Crippen molar-refractivity contribution in [1.29, 1.82) is 0 Å². The molecule has 0 spiro atoms. The molecule has 1 nitrogen and oxygen atoms in total. The van der Waals surface area contributed by atoms with Crippen LogP contribution in [0, 0.1) is 0 Å². The van der Waals surface area contributed by atoms with Crippen LogP contribution in [0.15, 0.2) is 126 Å². The number of para-hydroxylation sites is 1. The summed E-state index contributed by atoms with van der Waals surface area (Å²) in [5.41, 5.74) is 8.94. The maximum Gasteiger partial charge on any atom is 0.143 e. The first-order valence-electron chi connectivity index (χ1n) is 10.5. The molecule has 0 aliphatic carbocycles. The fraction of sp³-hybridized carbons (Fsp3) is 0. The number of hydrogen-bond acceptors (Lipinski definition) is 1. The maximum atomic E-state index is 6.49. The highest BCUT2D eigenvalue weighted by atomic mass is 16.3. The molecule has 0 aliphatic rings. The molecule has 6 rings (SSSR count). The van der Waals surface area contributed by atoms with Gasteiger partial charge in [-0.3, -0.25) is 0 Å². The standard InChI is InChI=1S/C30H20O/c1-4-12-21(13-5-1)25-20-26-24-18-10-11-19-27(24)31-30(26)29(23-16-8-3-9-17-23)28(25)22-14-6-2-7-15-22/h1-20H. The van der Waals surface area contributed by atoms with Crippen molar-refractivity contribution in [1.82, 2.24) is 0 Å². The van der Waals surface area contributed by atoms with E-state index in [9.17, 15) is 0 Å². The minimum atomic E-state index is 0.916. The Bertz CT molecular complexity index is 1490. The first-order chi connectivity index (χ1) is 15.4. The average Bonchev–Trinajstić information content (AvgIpc) is 3.23. The van der Waals surface area contributed by atoms with Gasteiger partial charge in [-0.2, -0.15) is 0 Å². The molecule has 0 bridgehead atoms. The van der Waals surface area contributed by atoms with E-state index in [2.05, 4.69) is 115 Å². The minimum Gasteiger partial charge on any atom is -0.455 e. The highest BCUT2D eigenvalue weighted by molar-refractivity contribution is 6.16. The van der Waals surface area contributed by atoms with Crippen LogP contribution in [0.1, 0.15) is 0 Å². The van der Waals surface area contributed by atoms with Crippen LogP contribution < -0.4 is 0 Å². The summed E-state index contributed by atoms with van der Waals surface area (Å²) in [4.78, 5) is 0. The van der Waals surface area contributed by atoms with Crippen LogP contribution >= 0.6 is 0 Å². The Hall–Kier alpha value is -4.10. The zero-order chi connectivity index (χ0) is 20.6. The minimum absolute atomic E-state index is 0.916. The summed E-state index contributed by atoms with van der Waals surface area (Å²) in [6.45, 7) is 0. The smallest absolute Gasteiger partial charge is 0.143 e. The van der Waals surface area contributed by atoms with Crippen molar-refractivity contribution in [2.24, 2.45) is 0 Å². The van der Waals surface area contributed by atoms with Crippen molar-refractivity contribution in [3.63, 3.8) is 0 Å². The topological polar surface area (TPSA) is 13.1 Å². The van der Waals surface area contributed by atoms with E-state index in [4.69, 9.17) is 4.42 Å². The first-order valence-corrected chi connectivity index (χ1v) is 10.5. The van der Waals surface area contributed by atoms with Gasteiger partial charge in [0.2, 0.25) is 0 Å². The Morgan fingerprint density at radius 2 is 0.935 bits per heavy atom. The summed E-state index contributed by atoms with van der Waals surface area (Å²) in [7, 11) is 0. The molecule has 0 atom stereocenters. The molecule has 0 aliphatic heterocycles. The van der Waals surface area contributed by atoms with Crippen LogP contribution in [0.2, 0.25) is 0 Å². The molecule has 31 heavy (non-hydrogen) atoms. The molecule has 1 heteroatoms. The second-order valence-electron chi connectivity index (χ2n) is 7.75. The van der Waals surface area contributed by atoms with Gasteiger partial charge in [0.1, 0.15) is 11.2 Å². The summed E-state index contributed by atoms with van der Waals surface area (Å²) in [5.74, 6) is 0. The quantitative estimate of drug-likeness (QED) is 0.292. The van der Waals surface area contributed by atoms with Gasteiger partial charge in [-0.05, 0) is 34.4 Å². The molecular weight excluding hydrogens is 376 g/mol. The lowest BCUT2D eigenvalue weighted by Gasteiger charge is -2.17. The van der Waals surface area contributed by atoms with Gasteiger partial charge >= 0.3 is 0 Å². The molecule has 0 unspecified atom stereocenters. The van der Waals surface area contributed by atoms with E-state index in [-0.39, 0.29) is 0 Å². The molecule has 0 saturated carbocycles. The van der Waals surface area contributed by atoms with Crippen LogP contribution in [0.3, 0.4) is 0 Å². The number of hydrogen-bond donors (Lipinski definition) is 0. The van der Waals surface area contributed by atoms with Crippen LogP contribution in [-0.2, 0) is 0 Å². The fourth-order valence-corrected chi connectivity index (χ4v) is 4.49. The lowest BCUT2D eigenvalue weighted by atomic mass is 9.86. The summed E-state index contributed by atoms with van der Waals surface area (Å²) in [6.07, 6.45) is 0. The van der Waals surface area contributed by atoms with E-state index in [0.717, 1.165) is 33.1 Å². The van der Waals surface area contributed by atoms with Gasteiger partial charge in [-0.15, -0.1) is 0 Å². The number of fused-ring (bicyclic) bond motifs is 3. The van der Waals surface area contributed by atoms with Crippen molar-refractivity contribution in [3.05, 3.63) is 121 Å². The van der Waals surface area contributed by atoms with E-state index in [0.29, 0.717) is 0 Å². The highest BCUT2D eigenvalue weighted by Crippen LogP contribution is 2.47. The highest BCUT2D eigenvalue weighted by Gasteiger charge is 2.21. The number of furan rings is 1. The van der Waals surface area contributed by atoms with Crippen molar-refractivity contribution in [2.75, 3.05) is 0 Å². The van der Waals surface area contributed by atoms with Crippen LogP contribution in [-0.4, -0.2) is 0 Å². The Morgan fingerprint density at radius 1 is 0.419 bits per heavy atom. The first kappa shape index (κ1) is 17.7. The Balaban J connectivity index is 1.85. The molecule has 0 amide bonds. The predicted molar refractivity (Wildman–Crippen MR) is 130 cm³/mol. The van der Waals surface area contributed by atoms with Crippen LogP contribution in [0.4, 0.5) is 0 Å². The zero-order valence-electron chi connectivity index (χ0n) is 17.0. The van der Waals surface area contributed by atoms with Crippen molar-refractivity contribution < 1.29 is 4.42 Å². The van der Waals surface area contributed by atoms with Gasteiger partial charge in [0.15, 0.2) is 0 Å². The molecule has 1 aromatic heterocycles. The Labute approximate surface area is 181 Å². The van der Waals surface area contributed by atoms with E-state index in [1.165, 1.54) is 22.3 Å². The monoisotopic (exact) mass is 396 g/mol. The van der Waals surface area contributed by atoms with Crippen molar-refractivity contribution in [3.8, 4) is 33.4 Å². The normalized spacial score (nSPS) is 11.2. The van der Waals surface area contributed by atoms with Gasteiger partial charge in [0.05, 0.1) is 0 Å². The number of rotatable bonds is 3. The SMILES string of the molecule is c1ccc(-c2cc3c(oc4ccccc43)c(-c3ccccc3)c2-c2ccccc2)cc1. The zero-order valence-corrected chi connectivity index (χ0v) is 17.0. The summed E-state index contributed by atoms with van der Waals surface area (Å²) < 4.78 is 6.49. The van der Waals surface area contributed by atoms with E-state index < -0.39 is 0 Å². The number of benzene rings is 5. The van der Waals surface area contributed by atoms with Gasteiger partial charge in [0, 0.05) is 21.9 Å². The van der Waals surface area contributed by atoms with Crippen molar-refractivity contribution >= 4 is 21.9 Å². The molecule has 0 fully saturated rings. The van der Waals surface area contributed by atoms with Crippen molar-refractivity contribution in [2.45, 2.75) is 0 Å². The molecule has 146 valence electrons. The third-order valence-corrected chi connectivity index (χ3v) is 5.88. The summed E-state index contributed by atoms with van der Waals surface area (Å²) in [6, 6.07) is 42.4. The molecule has 0 radical (unpaired) electrons. The average molecular weight is 396 g/mol. The predicted octanol–water partition coefficient (Wildman–Crippen LogP) is 8.59. The molecule has 5 aromatic carbocycles. The van der Waals surface area contributed by atoms with Gasteiger partial charge in [0.25, 0.3) is 0 Å². The second-order valence-corrected chi connectivity index (χ2v) is 7.75. The molecule has 0 saturated heterocycles. The lowest BCUT2D eigenvalue weighted by molar-refractivity contribution is 0.670. The van der Waals surface area contributed by atoms with E-state index in [1.54, 1.807) is 0 Å². The van der Waals surface area contributed by atoms with Crippen LogP contribution in [0.25, 0.3) is 55.3 Å². The molecule has 1 heterocycles. The van der Waals surface area contributed by atoms with E-state index >= 15 is 0 Å². The molecular formula is C30H20O. The van der Waals surface area contributed by atoms with Gasteiger partial charge in [-0.25, -0.2) is 0 Å². The maximum absolute atomic E-state index is 6.49. The largest absolute Gasteiger partial charge is 0.455 e. The van der Waals surface area contributed by atoms with Gasteiger partial charge in [-0.1, -0.05) is 109 Å². The Morgan fingerprint density at radius 3 is 1.58 bits per heavy atom. The Kier molecular flexibility index (Phi) is 4.18. The second kappa shape index (κ2) is 7.30. The van der Waals surface area contributed by atoms with Crippen LogP contribution in [0.5, 0.6) is 0 Å². The molecule has 6 aromatic rings. The van der Waals surface area contributed by atoms with Gasteiger partial charge < -0.3 is 4.42 Å². The molecule has 0 N–H and O–H groups in total. The summed E-state index contributed by atoms with van der Waals surface area (Å²) >= 11 is 0. The third-order valence-electron chi connectivity index (χ3n) is 5.88. The third kappa shape index (κ3) is 2.94. The summed E-state index contributed by atoms with van der Waals surface area (Å²) in [5, 5.41) is 2.29. The fourth-order valence-electron chi connectivity index (χ4n) is 4.49. The lowest BCUT2D eigenvalue weighted by Crippen LogP contribution is -1.91.